The number of carbonyl (C=O) groups is 1. The number of thiazole rings is 1. The van der Waals surface area contributed by atoms with E-state index in [0.29, 0.717) is 13.1 Å². The number of rotatable bonds is 3. The monoisotopic (exact) mass is 319 g/mol. The lowest BCUT2D eigenvalue weighted by molar-refractivity contribution is -0.132. The van der Waals surface area contributed by atoms with Gasteiger partial charge in [-0.25, -0.2) is 4.98 Å². The molecule has 0 radical (unpaired) electrons. The van der Waals surface area contributed by atoms with E-state index in [1.165, 1.54) is 4.57 Å². The molecule has 0 unspecified atom stereocenters. The summed E-state index contributed by atoms with van der Waals surface area (Å²) < 4.78 is 1.53. The minimum Gasteiger partial charge on any atom is -0.352 e. The number of piperazine rings is 1. The molecule has 0 saturated carbocycles. The molecular formula is C14H17N5O2S. The summed E-state index contributed by atoms with van der Waals surface area (Å²) in [6.07, 6.45) is 5.04. The molecule has 0 bridgehead atoms. The summed E-state index contributed by atoms with van der Waals surface area (Å²) in [5.74, 6) is 0.821. The Labute approximate surface area is 131 Å². The molecule has 2 aromatic heterocycles. The van der Waals surface area contributed by atoms with Crippen LogP contribution in [-0.4, -0.2) is 51.5 Å². The predicted octanol–water partition coefficient (Wildman–Crippen LogP) is 0.357. The van der Waals surface area contributed by atoms with Crippen LogP contribution in [0.2, 0.25) is 0 Å². The van der Waals surface area contributed by atoms with Crippen LogP contribution in [0.3, 0.4) is 0 Å². The van der Waals surface area contributed by atoms with Crippen LogP contribution in [-0.2, 0) is 11.3 Å². The van der Waals surface area contributed by atoms with Crippen LogP contribution < -0.4 is 9.77 Å². The fourth-order valence-corrected chi connectivity index (χ4v) is 3.21. The van der Waals surface area contributed by atoms with Crippen molar-refractivity contribution in [2.45, 2.75) is 13.5 Å². The third kappa shape index (κ3) is 3.01. The van der Waals surface area contributed by atoms with Crippen molar-refractivity contribution >= 4 is 23.1 Å². The molecule has 1 amide bonds. The summed E-state index contributed by atoms with van der Waals surface area (Å²) in [6.45, 7) is 4.68. The van der Waals surface area contributed by atoms with Crippen molar-refractivity contribution in [1.29, 1.82) is 0 Å². The van der Waals surface area contributed by atoms with Crippen LogP contribution in [0.15, 0.2) is 28.8 Å². The van der Waals surface area contributed by atoms with Gasteiger partial charge in [0.1, 0.15) is 12.4 Å². The third-order valence-corrected chi connectivity index (χ3v) is 4.66. The summed E-state index contributed by atoms with van der Waals surface area (Å²) in [6, 6.07) is 0. The molecule has 0 aromatic carbocycles. The molecule has 0 aliphatic carbocycles. The summed E-state index contributed by atoms with van der Waals surface area (Å²) in [4.78, 5) is 36.2. The Morgan fingerprint density at radius 3 is 2.64 bits per heavy atom. The van der Waals surface area contributed by atoms with Crippen LogP contribution in [0.1, 0.15) is 5.69 Å². The number of aryl methyl sites for hydroxylation is 1. The van der Waals surface area contributed by atoms with Gasteiger partial charge in [0.05, 0.1) is 6.20 Å². The third-order valence-electron chi connectivity index (χ3n) is 3.78. The maximum absolute atomic E-state index is 12.3. The van der Waals surface area contributed by atoms with Crippen molar-refractivity contribution < 1.29 is 4.79 Å². The molecule has 3 rings (SSSR count). The molecule has 0 spiro atoms. The van der Waals surface area contributed by atoms with E-state index in [0.717, 1.165) is 35.9 Å². The number of hydrogen-bond donors (Lipinski definition) is 0. The highest BCUT2D eigenvalue weighted by atomic mass is 32.1. The molecule has 22 heavy (non-hydrogen) atoms. The Morgan fingerprint density at radius 2 is 2.05 bits per heavy atom. The van der Waals surface area contributed by atoms with Crippen molar-refractivity contribution in [2.75, 3.05) is 31.1 Å². The van der Waals surface area contributed by atoms with Crippen LogP contribution in [0.4, 0.5) is 5.82 Å². The maximum atomic E-state index is 12.3. The molecule has 0 N–H and O–H groups in total. The van der Waals surface area contributed by atoms with Gasteiger partial charge in [-0.2, -0.15) is 0 Å². The minimum absolute atomic E-state index is 0.0117. The quantitative estimate of drug-likeness (QED) is 0.817. The number of nitrogens with zero attached hydrogens (tertiary/aromatic N) is 5. The van der Waals surface area contributed by atoms with Crippen molar-refractivity contribution in [2.24, 2.45) is 0 Å². The normalized spacial score (nSPS) is 15.1. The zero-order chi connectivity index (χ0) is 15.5. The van der Waals surface area contributed by atoms with Gasteiger partial charge in [-0.05, 0) is 6.92 Å². The molecule has 1 aliphatic heterocycles. The van der Waals surface area contributed by atoms with Gasteiger partial charge in [0.25, 0.3) is 0 Å². The van der Waals surface area contributed by atoms with Gasteiger partial charge in [0.2, 0.25) is 5.91 Å². The zero-order valence-corrected chi connectivity index (χ0v) is 13.1. The van der Waals surface area contributed by atoms with Gasteiger partial charge in [-0.1, -0.05) is 11.3 Å². The van der Waals surface area contributed by atoms with E-state index < -0.39 is 0 Å². The van der Waals surface area contributed by atoms with Crippen LogP contribution in [0, 0.1) is 6.92 Å². The maximum Gasteiger partial charge on any atom is 0.307 e. The first-order valence-corrected chi connectivity index (χ1v) is 7.97. The van der Waals surface area contributed by atoms with E-state index in [1.807, 2.05) is 6.92 Å². The fourth-order valence-electron chi connectivity index (χ4n) is 2.47. The van der Waals surface area contributed by atoms with Crippen molar-refractivity contribution in [3.63, 3.8) is 0 Å². The molecule has 1 fully saturated rings. The van der Waals surface area contributed by atoms with Gasteiger partial charge in [0.15, 0.2) is 0 Å². The second-order valence-corrected chi connectivity index (χ2v) is 5.98. The van der Waals surface area contributed by atoms with Gasteiger partial charge >= 0.3 is 4.87 Å². The van der Waals surface area contributed by atoms with Gasteiger partial charge < -0.3 is 9.80 Å². The van der Waals surface area contributed by atoms with Crippen LogP contribution in [0.5, 0.6) is 0 Å². The highest BCUT2D eigenvalue weighted by molar-refractivity contribution is 7.07. The average molecular weight is 319 g/mol. The first-order chi connectivity index (χ1) is 10.6. The molecule has 1 saturated heterocycles. The highest BCUT2D eigenvalue weighted by Gasteiger charge is 2.22. The van der Waals surface area contributed by atoms with Crippen LogP contribution >= 0.6 is 11.3 Å². The van der Waals surface area contributed by atoms with Gasteiger partial charge in [-0.3, -0.25) is 19.1 Å². The van der Waals surface area contributed by atoms with Crippen LogP contribution in [0.25, 0.3) is 0 Å². The van der Waals surface area contributed by atoms with E-state index in [9.17, 15) is 9.59 Å². The Hall–Kier alpha value is -2.22. The largest absolute Gasteiger partial charge is 0.352 e. The lowest BCUT2D eigenvalue weighted by Gasteiger charge is -2.35. The Bertz CT molecular complexity index is 704. The summed E-state index contributed by atoms with van der Waals surface area (Å²) in [5, 5.41) is 1.78. The van der Waals surface area contributed by atoms with E-state index in [1.54, 1.807) is 28.9 Å². The van der Waals surface area contributed by atoms with E-state index in [2.05, 4.69) is 14.9 Å². The number of carbonyl (C=O) groups excluding carboxylic acids is 1. The molecular weight excluding hydrogens is 302 g/mol. The predicted molar refractivity (Wildman–Crippen MR) is 84.1 cm³/mol. The lowest BCUT2D eigenvalue weighted by Crippen LogP contribution is -2.50. The molecule has 3 heterocycles. The molecule has 7 nitrogen and oxygen atoms in total. The number of anilines is 1. The Balaban J connectivity index is 1.59. The molecule has 1 aliphatic rings. The summed E-state index contributed by atoms with van der Waals surface area (Å²) in [5.41, 5.74) is 0.835. The first kappa shape index (κ1) is 14.7. The second kappa shape index (κ2) is 6.27. The number of aromatic nitrogens is 3. The second-order valence-electron chi connectivity index (χ2n) is 5.16. The molecule has 0 atom stereocenters. The van der Waals surface area contributed by atoms with Crippen molar-refractivity contribution in [1.82, 2.24) is 19.4 Å². The van der Waals surface area contributed by atoms with E-state index >= 15 is 0 Å². The summed E-state index contributed by atoms with van der Waals surface area (Å²) in [7, 11) is 0. The smallest absolute Gasteiger partial charge is 0.307 e. The highest BCUT2D eigenvalue weighted by Crippen LogP contribution is 2.12. The SMILES string of the molecule is Cc1csc(=O)n1CC(=O)N1CCN(c2cnccn2)CC1. The molecule has 116 valence electrons. The van der Waals surface area contributed by atoms with E-state index in [4.69, 9.17) is 0 Å². The Morgan fingerprint density at radius 1 is 1.27 bits per heavy atom. The standard InChI is InChI=1S/C14H17N5O2S/c1-11-10-22-14(21)19(11)9-13(20)18-6-4-17(5-7-18)12-8-15-2-3-16-12/h2-3,8,10H,4-7,9H2,1H3. The minimum atomic E-state index is -0.0796. The molecule has 2 aromatic rings. The van der Waals surface area contributed by atoms with Crippen molar-refractivity contribution in [3.8, 4) is 0 Å². The zero-order valence-electron chi connectivity index (χ0n) is 12.3. The van der Waals surface area contributed by atoms with Gasteiger partial charge in [-0.15, -0.1) is 0 Å². The summed E-state index contributed by atoms with van der Waals surface area (Å²) >= 11 is 1.13. The fraction of sp³-hybridized carbons (Fsp3) is 0.429. The topological polar surface area (TPSA) is 71.3 Å². The van der Waals surface area contributed by atoms with Crippen molar-refractivity contribution in [3.05, 3.63) is 39.3 Å². The Kier molecular flexibility index (Phi) is 4.19. The van der Waals surface area contributed by atoms with Gasteiger partial charge in [0, 0.05) is 49.6 Å². The first-order valence-electron chi connectivity index (χ1n) is 7.09. The number of amides is 1. The van der Waals surface area contributed by atoms with E-state index in [-0.39, 0.29) is 17.3 Å². The molecule has 8 heteroatoms. The number of hydrogen-bond acceptors (Lipinski definition) is 6. The lowest BCUT2D eigenvalue weighted by atomic mass is 10.3. The average Bonchev–Trinajstić information content (AvgIpc) is 2.88.